The zero-order valence-corrected chi connectivity index (χ0v) is 20.5. The van der Waals surface area contributed by atoms with E-state index < -0.39 is 49.7 Å². The lowest BCUT2D eigenvalue weighted by Gasteiger charge is -2.39. The fraction of sp³-hybridized carbons (Fsp3) is 0.895. The molecule has 0 aromatic rings. The van der Waals surface area contributed by atoms with Crippen LogP contribution in [0.25, 0.3) is 0 Å². The van der Waals surface area contributed by atoms with Gasteiger partial charge in [0.25, 0.3) is 0 Å². The first-order valence-electron chi connectivity index (χ1n) is 9.33. The van der Waals surface area contributed by atoms with Gasteiger partial charge in [0, 0.05) is 10.8 Å². The fourth-order valence-electron chi connectivity index (χ4n) is 3.47. The highest BCUT2D eigenvalue weighted by molar-refractivity contribution is 14.1. The maximum atomic E-state index is 11.2. The fourth-order valence-corrected chi connectivity index (χ4v) is 5.15. The number of halogens is 1. The number of rotatable bonds is 5. The standard InChI is InChI=1S/C19H33IO6Si/c1-17(2)23-11-14(24-17)15(22)19(12-20)16(25-18(3,4)26-19)13(21)9-8-10-27(5,6)7/h13-16,21-22H,9,11-12H2,1-7H3/t13?,14-,15-,16+,19-/m1/s1. The average molecular weight is 512 g/mol. The van der Waals surface area contributed by atoms with Crippen molar-refractivity contribution in [2.24, 2.45) is 0 Å². The molecule has 2 fully saturated rings. The second-order valence-corrected chi connectivity index (χ2v) is 14.8. The van der Waals surface area contributed by atoms with Gasteiger partial charge in [-0.2, -0.15) is 0 Å². The summed E-state index contributed by atoms with van der Waals surface area (Å²) >= 11 is 2.17. The zero-order valence-electron chi connectivity index (χ0n) is 17.3. The molecule has 2 rings (SSSR count). The quantitative estimate of drug-likeness (QED) is 0.255. The van der Waals surface area contributed by atoms with Crippen LogP contribution in [-0.4, -0.2) is 70.9 Å². The highest BCUT2D eigenvalue weighted by Gasteiger charge is 2.61. The van der Waals surface area contributed by atoms with Crippen molar-refractivity contribution >= 4 is 30.7 Å². The van der Waals surface area contributed by atoms with Gasteiger partial charge in [0.15, 0.2) is 11.6 Å². The maximum absolute atomic E-state index is 11.2. The number of aliphatic hydroxyl groups excluding tert-OH is 2. The molecule has 2 saturated heterocycles. The highest BCUT2D eigenvalue weighted by Crippen LogP contribution is 2.44. The van der Waals surface area contributed by atoms with Gasteiger partial charge in [-0.05, 0) is 27.7 Å². The molecular weight excluding hydrogens is 479 g/mol. The lowest BCUT2D eigenvalue weighted by atomic mass is 9.85. The van der Waals surface area contributed by atoms with E-state index in [-0.39, 0.29) is 13.0 Å². The Balaban J connectivity index is 2.26. The smallest absolute Gasteiger partial charge is 0.164 e. The second kappa shape index (κ2) is 8.18. The van der Waals surface area contributed by atoms with Crippen LogP contribution in [0.4, 0.5) is 0 Å². The number of ether oxygens (including phenoxy) is 4. The molecule has 0 aromatic heterocycles. The van der Waals surface area contributed by atoms with Crippen LogP contribution < -0.4 is 0 Å². The Labute approximate surface area is 177 Å². The molecule has 1 unspecified atom stereocenters. The van der Waals surface area contributed by atoms with E-state index in [1.807, 2.05) is 13.8 Å². The minimum Gasteiger partial charge on any atom is -0.389 e. The third-order valence-corrected chi connectivity index (χ3v) is 6.66. The van der Waals surface area contributed by atoms with Gasteiger partial charge in [-0.15, -0.1) is 11.5 Å². The predicted octanol–water partition coefficient (Wildman–Crippen LogP) is 2.46. The molecule has 0 radical (unpaired) electrons. The van der Waals surface area contributed by atoms with E-state index >= 15 is 0 Å². The molecule has 0 saturated carbocycles. The van der Waals surface area contributed by atoms with E-state index in [1.54, 1.807) is 13.8 Å². The van der Waals surface area contributed by atoms with Crippen LogP contribution in [0.5, 0.6) is 0 Å². The van der Waals surface area contributed by atoms with Crippen molar-refractivity contribution in [1.82, 2.24) is 0 Å². The lowest BCUT2D eigenvalue weighted by molar-refractivity contribution is -0.203. The summed E-state index contributed by atoms with van der Waals surface area (Å²) in [6, 6.07) is 0. The summed E-state index contributed by atoms with van der Waals surface area (Å²) in [4.78, 5) is 0. The highest BCUT2D eigenvalue weighted by atomic mass is 127. The molecule has 2 heterocycles. The van der Waals surface area contributed by atoms with E-state index in [0.717, 1.165) is 0 Å². The minimum absolute atomic E-state index is 0.259. The van der Waals surface area contributed by atoms with Crippen LogP contribution in [0.1, 0.15) is 34.1 Å². The molecule has 2 aliphatic heterocycles. The molecule has 2 N–H and O–H groups in total. The molecule has 0 bridgehead atoms. The number of aliphatic hydroxyl groups is 2. The van der Waals surface area contributed by atoms with Crippen LogP contribution in [0.2, 0.25) is 19.6 Å². The first kappa shape index (κ1) is 23.5. The van der Waals surface area contributed by atoms with Gasteiger partial charge in [0.05, 0.1) is 12.7 Å². The summed E-state index contributed by atoms with van der Waals surface area (Å²) in [5, 5.41) is 22.0. The van der Waals surface area contributed by atoms with Gasteiger partial charge in [-0.3, -0.25) is 0 Å². The third kappa shape index (κ3) is 5.66. The Morgan fingerprint density at radius 3 is 2.22 bits per heavy atom. The third-order valence-electron chi connectivity index (χ3n) is 4.54. The normalized spacial score (nSPS) is 34.7. The summed E-state index contributed by atoms with van der Waals surface area (Å²) in [5.74, 6) is 1.41. The summed E-state index contributed by atoms with van der Waals surface area (Å²) in [7, 11) is -1.53. The Morgan fingerprint density at radius 1 is 1.11 bits per heavy atom. The summed E-state index contributed by atoms with van der Waals surface area (Å²) in [6.45, 7) is 13.9. The van der Waals surface area contributed by atoms with Gasteiger partial charge in [0.2, 0.25) is 0 Å². The van der Waals surface area contributed by atoms with Crippen molar-refractivity contribution in [2.75, 3.05) is 11.0 Å². The zero-order chi connectivity index (χ0) is 20.7. The van der Waals surface area contributed by atoms with Crippen LogP contribution in [0.15, 0.2) is 0 Å². The van der Waals surface area contributed by atoms with Crippen molar-refractivity contribution < 1.29 is 29.2 Å². The van der Waals surface area contributed by atoms with Crippen molar-refractivity contribution in [3.05, 3.63) is 0 Å². The monoisotopic (exact) mass is 512 g/mol. The molecule has 6 nitrogen and oxygen atoms in total. The average Bonchev–Trinajstić information content (AvgIpc) is 3.02. The van der Waals surface area contributed by atoms with Crippen molar-refractivity contribution in [3.8, 4) is 11.5 Å². The minimum atomic E-state index is -1.53. The molecule has 5 atom stereocenters. The van der Waals surface area contributed by atoms with Crippen molar-refractivity contribution in [2.45, 2.75) is 95.3 Å². The van der Waals surface area contributed by atoms with E-state index in [0.29, 0.717) is 4.43 Å². The summed E-state index contributed by atoms with van der Waals surface area (Å²) < 4.78 is 24.1. The molecule has 8 heteroatoms. The van der Waals surface area contributed by atoms with Crippen LogP contribution in [-0.2, 0) is 18.9 Å². The molecular formula is C19H33IO6Si. The first-order chi connectivity index (χ1) is 12.2. The van der Waals surface area contributed by atoms with E-state index in [2.05, 4.69) is 53.7 Å². The Kier molecular flexibility index (Phi) is 7.14. The van der Waals surface area contributed by atoms with Crippen molar-refractivity contribution in [1.29, 1.82) is 0 Å². The largest absolute Gasteiger partial charge is 0.389 e. The number of hydrogen-bond acceptors (Lipinski definition) is 6. The van der Waals surface area contributed by atoms with E-state index in [9.17, 15) is 10.2 Å². The summed E-state index contributed by atoms with van der Waals surface area (Å²) in [5.41, 5.74) is 2.15. The van der Waals surface area contributed by atoms with E-state index in [1.165, 1.54) is 0 Å². The van der Waals surface area contributed by atoms with Crippen molar-refractivity contribution in [3.63, 3.8) is 0 Å². The number of hydrogen-bond donors (Lipinski definition) is 2. The van der Waals surface area contributed by atoms with E-state index in [4.69, 9.17) is 18.9 Å². The molecule has 0 amide bonds. The van der Waals surface area contributed by atoms with Crippen LogP contribution in [0.3, 0.4) is 0 Å². The lowest BCUT2D eigenvalue weighted by Crippen LogP contribution is -2.60. The van der Waals surface area contributed by atoms with Crippen LogP contribution >= 0.6 is 22.6 Å². The van der Waals surface area contributed by atoms with Crippen LogP contribution in [0, 0.1) is 11.5 Å². The van der Waals surface area contributed by atoms with Gasteiger partial charge in [0.1, 0.15) is 32.0 Å². The molecule has 27 heavy (non-hydrogen) atoms. The van der Waals surface area contributed by atoms with Gasteiger partial charge in [-0.25, -0.2) is 0 Å². The number of alkyl halides is 1. The Bertz CT molecular complexity index is 593. The molecule has 0 spiro atoms. The Morgan fingerprint density at radius 2 is 1.74 bits per heavy atom. The molecule has 0 aliphatic carbocycles. The molecule has 0 aromatic carbocycles. The molecule has 156 valence electrons. The SMILES string of the molecule is CC1(C)OC[C@H]([C@@H](O)[C@@]2(CI)OC(C)(C)O[C@H]2C(O)CC#C[Si](C)(C)C)O1. The Hall–Kier alpha value is 0.267. The second-order valence-electron chi connectivity index (χ2n) is 9.26. The molecule has 2 aliphatic rings. The summed E-state index contributed by atoms with van der Waals surface area (Å²) in [6.07, 6.45) is -2.90. The van der Waals surface area contributed by atoms with Gasteiger partial charge < -0.3 is 29.2 Å². The van der Waals surface area contributed by atoms with Gasteiger partial charge in [-0.1, -0.05) is 42.2 Å². The topological polar surface area (TPSA) is 77.4 Å². The first-order valence-corrected chi connectivity index (χ1v) is 14.4. The predicted molar refractivity (Wildman–Crippen MR) is 114 cm³/mol. The maximum Gasteiger partial charge on any atom is 0.164 e. The van der Waals surface area contributed by atoms with Gasteiger partial charge >= 0.3 is 0 Å².